The number of carbonyl (C=O) groups is 2. The summed E-state index contributed by atoms with van der Waals surface area (Å²) in [7, 11) is 0. The SMILES string of the molecule is Cc1ccc(C(=O)O)cc1C(F)(F)F.Cc1ccc(C(N)=O)cc1C(F)(F)F. The molecular formula is C18H15F6NO3. The molecule has 3 N–H and O–H groups in total. The van der Waals surface area contributed by atoms with E-state index in [1.54, 1.807) is 0 Å². The lowest BCUT2D eigenvalue weighted by molar-refractivity contribution is -0.138. The number of halogens is 6. The topological polar surface area (TPSA) is 80.4 Å². The van der Waals surface area contributed by atoms with Gasteiger partial charge in [0.2, 0.25) is 5.91 Å². The molecule has 1 amide bonds. The molecule has 2 aromatic rings. The van der Waals surface area contributed by atoms with Gasteiger partial charge >= 0.3 is 18.3 Å². The third-order valence-corrected chi connectivity index (χ3v) is 3.62. The van der Waals surface area contributed by atoms with Gasteiger partial charge in [0.1, 0.15) is 0 Å². The Balaban J connectivity index is 0.000000280. The van der Waals surface area contributed by atoms with Gasteiger partial charge in [-0.3, -0.25) is 4.79 Å². The van der Waals surface area contributed by atoms with Crippen molar-refractivity contribution < 1.29 is 41.0 Å². The number of aryl methyl sites for hydroxylation is 2. The molecule has 0 bridgehead atoms. The average Bonchev–Trinajstić information content (AvgIpc) is 2.53. The summed E-state index contributed by atoms with van der Waals surface area (Å²) in [5, 5.41) is 8.50. The zero-order valence-corrected chi connectivity index (χ0v) is 14.6. The number of carbonyl (C=O) groups excluding carboxylic acids is 1. The van der Waals surface area contributed by atoms with Gasteiger partial charge in [0.15, 0.2) is 0 Å². The maximum absolute atomic E-state index is 12.3. The van der Waals surface area contributed by atoms with Crippen LogP contribution in [0.5, 0.6) is 0 Å². The van der Waals surface area contributed by atoms with E-state index in [-0.39, 0.29) is 22.3 Å². The summed E-state index contributed by atoms with van der Waals surface area (Å²) >= 11 is 0. The summed E-state index contributed by atoms with van der Waals surface area (Å²) in [5.41, 5.74) is 2.73. The van der Waals surface area contributed by atoms with Crippen LogP contribution in [0.3, 0.4) is 0 Å². The number of carboxylic acids is 1. The minimum atomic E-state index is -4.50. The Morgan fingerprint density at radius 2 is 1.14 bits per heavy atom. The lowest BCUT2D eigenvalue weighted by Crippen LogP contribution is -2.14. The van der Waals surface area contributed by atoms with Crippen LogP contribution >= 0.6 is 0 Å². The third kappa shape index (κ3) is 6.00. The molecule has 0 fully saturated rings. The Kier molecular flexibility index (Phi) is 6.84. The van der Waals surface area contributed by atoms with Crippen LogP contribution in [-0.4, -0.2) is 17.0 Å². The highest BCUT2D eigenvalue weighted by atomic mass is 19.4. The van der Waals surface area contributed by atoms with Crippen LogP contribution in [0.15, 0.2) is 36.4 Å². The molecule has 0 aromatic heterocycles. The van der Waals surface area contributed by atoms with E-state index in [2.05, 4.69) is 0 Å². The van der Waals surface area contributed by atoms with E-state index in [1.807, 2.05) is 0 Å². The zero-order valence-electron chi connectivity index (χ0n) is 14.6. The number of hydrogen-bond donors (Lipinski definition) is 2. The molecule has 0 saturated heterocycles. The number of amides is 1. The molecule has 0 aliphatic heterocycles. The van der Waals surface area contributed by atoms with Gasteiger partial charge < -0.3 is 10.8 Å². The number of nitrogens with two attached hydrogens (primary N) is 1. The third-order valence-electron chi connectivity index (χ3n) is 3.62. The first-order valence-corrected chi connectivity index (χ1v) is 7.53. The van der Waals surface area contributed by atoms with Crippen molar-refractivity contribution in [1.82, 2.24) is 0 Å². The van der Waals surface area contributed by atoms with E-state index < -0.39 is 35.4 Å². The molecule has 0 heterocycles. The molecule has 28 heavy (non-hydrogen) atoms. The highest BCUT2D eigenvalue weighted by molar-refractivity contribution is 5.93. The smallest absolute Gasteiger partial charge is 0.416 e. The number of hydrogen-bond acceptors (Lipinski definition) is 2. The number of primary amides is 1. The largest absolute Gasteiger partial charge is 0.478 e. The van der Waals surface area contributed by atoms with Gasteiger partial charge in [-0.25, -0.2) is 4.79 Å². The molecule has 0 radical (unpaired) electrons. The lowest BCUT2D eigenvalue weighted by atomic mass is 10.0. The maximum Gasteiger partial charge on any atom is 0.416 e. The van der Waals surface area contributed by atoms with Gasteiger partial charge in [-0.05, 0) is 49.2 Å². The van der Waals surface area contributed by atoms with E-state index in [1.165, 1.54) is 26.0 Å². The van der Waals surface area contributed by atoms with Crippen molar-refractivity contribution in [2.24, 2.45) is 5.73 Å². The Morgan fingerprint density at radius 3 is 1.46 bits per heavy atom. The second-order valence-electron chi connectivity index (χ2n) is 5.72. The van der Waals surface area contributed by atoms with Crippen LogP contribution in [0, 0.1) is 13.8 Å². The minimum absolute atomic E-state index is 0.0162. The number of benzene rings is 2. The fourth-order valence-electron chi connectivity index (χ4n) is 2.14. The quantitative estimate of drug-likeness (QED) is 0.700. The van der Waals surface area contributed by atoms with Crippen LogP contribution in [0.25, 0.3) is 0 Å². The summed E-state index contributed by atoms with van der Waals surface area (Å²) in [6, 6.07) is 6.18. The monoisotopic (exact) mass is 407 g/mol. The summed E-state index contributed by atoms with van der Waals surface area (Å²) in [4.78, 5) is 21.1. The van der Waals surface area contributed by atoms with Crippen molar-refractivity contribution in [3.8, 4) is 0 Å². The van der Waals surface area contributed by atoms with Crippen molar-refractivity contribution in [3.63, 3.8) is 0 Å². The van der Waals surface area contributed by atoms with Crippen molar-refractivity contribution in [1.29, 1.82) is 0 Å². The summed E-state index contributed by atoms with van der Waals surface area (Å²) < 4.78 is 73.9. The number of alkyl halides is 6. The van der Waals surface area contributed by atoms with Gasteiger partial charge in [-0.2, -0.15) is 26.3 Å². The highest BCUT2D eigenvalue weighted by Crippen LogP contribution is 2.33. The second-order valence-corrected chi connectivity index (χ2v) is 5.72. The first-order chi connectivity index (χ1) is 12.6. The van der Waals surface area contributed by atoms with Gasteiger partial charge in [0.25, 0.3) is 0 Å². The number of aromatic carboxylic acids is 1. The summed E-state index contributed by atoms with van der Waals surface area (Å²) in [6.45, 7) is 2.61. The summed E-state index contributed by atoms with van der Waals surface area (Å²) in [5.74, 6) is -2.23. The van der Waals surface area contributed by atoms with Crippen LogP contribution in [0.4, 0.5) is 26.3 Å². The molecule has 0 spiro atoms. The Labute approximate surface area is 155 Å². The normalized spacial score (nSPS) is 11.4. The zero-order chi connectivity index (χ0) is 21.9. The predicted molar refractivity (Wildman–Crippen MR) is 87.8 cm³/mol. The average molecular weight is 407 g/mol. The van der Waals surface area contributed by atoms with Gasteiger partial charge in [0, 0.05) is 5.56 Å². The first-order valence-electron chi connectivity index (χ1n) is 7.53. The van der Waals surface area contributed by atoms with Crippen molar-refractivity contribution in [2.75, 3.05) is 0 Å². The number of rotatable bonds is 2. The molecule has 0 atom stereocenters. The minimum Gasteiger partial charge on any atom is -0.478 e. The lowest BCUT2D eigenvalue weighted by Gasteiger charge is -2.10. The molecule has 2 aromatic carbocycles. The molecule has 10 heteroatoms. The molecule has 0 saturated carbocycles. The molecule has 4 nitrogen and oxygen atoms in total. The maximum atomic E-state index is 12.3. The van der Waals surface area contributed by atoms with E-state index in [0.29, 0.717) is 6.07 Å². The Morgan fingerprint density at radius 1 is 0.786 bits per heavy atom. The van der Waals surface area contributed by atoms with Crippen molar-refractivity contribution >= 4 is 11.9 Å². The molecule has 0 unspecified atom stereocenters. The Hall–Kier alpha value is -3.04. The van der Waals surface area contributed by atoms with Crippen LogP contribution in [0.1, 0.15) is 43.0 Å². The fourth-order valence-corrected chi connectivity index (χ4v) is 2.14. The van der Waals surface area contributed by atoms with Crippen LogP contribution in [0.2, 0.25) is 0 Å². The summed E-state index contributed by atoms with van der Waals surface area (Å²) in [6.07, 6.45) is -8.95. The molecule has 152 valence electrons. The van der Waals surface area contributed by atoms with Crippen molar-refractivity contribution in [2.45, 2.75) is 26.2 Å². The van der Waals surface area contributed by atoms with E-state index in [0.717, 1.165) is 18.2 Å². The van der Waals surface area contributed by atoms with Crippen molar-refractivity contribution in [3.05, 3.63) is 69.8 Å². The predicted octanol–water partition coefficient (Wildman–Crippen LogP) is 4.82. The first kappa shape index (κ1) is 23.0. The van der Waals surface area contributed by atoms with Gasteiger partial charge in [-0.1, -0.05) is 12.1 Å². The van der Waals surface area contributed by atoms with E-state index in [4.69, 9.17) is 10.8 Å². The Bertz CT molecular complexity index is 814. The van der Waals surface area contributed by atoms with Crippen LogP contribution in [-0.2, 0) is 12.4 Å². The highest BCUT2D eigenvalue weighted by Gasteiger charge is 2.33. The van der Waals surface area contributed by atoms with E-state index in [9.17, 15) is 35.9 Å². The van der Waals surface area contributed by atoms with Gasteiger partial charge in [0.05, 0.1) is 16.7 Å². The number of carboxylic acid groups (broad SMARTS) is 1. The molecule has 0 aliphatic rings. The van der Waals surface area contributed by atoms with Crippen LogP contribution < -0.4 is 5.73 Å². The molecule has 0 aliphatic carbocycles. The second kappa shape index (κ2) is 8.32. The fraction of sp³-hybridized carbons (Fsp3) is 0.222. The molecule has 2 rings (SSSR count). The van der Waals surface area contributed by atoms with E-state index >= 15 is 0 Å². The standard InChI is InChI=1S/C9H8F3NO.C9H7F3O2/c2*1-5-2-3-6(8(13)14)4-7(5)9(10,11)12/h2-4H,1H3,(H2,13,14);2-4H,1H3,(H,13,14). The van der Waals surface area contributed by atoms with Gasteiger partial charge in [-0.15, -0.1) is 0 Å². The molecular weight excluding hydrogens is 392 g/mol.